The van der Waals surface area contributed by atoms with Crippen molar-refractivity contribution in [1.29, 1.82) is 0 Å². The third-order valence-electron chi connectivity index (χ3n) is 1.70. The summed E-state index contributed by atoms with van der Waals surface area (Å²) in [4.78, 5) is 10.1. The number of rotatable bonds is 2. The van der Waals surface area contributed by atoms with Crippen molar-refractivity contribution in [3.63, 3.8) is 0 Å². The van der Waals surface area contributed by atoms with E-state index < -0.39 is 0 Å². The molecular weight excluding hydrogens is 263 g/mol. The quantitative estimate of drug-likeness (QED) is 0.539. The Bertz CT molecular complexity index is 348. The molecule has 1 aromatic heterocycles. The van der Waals surface area contributed by atoms with E-state index in [-0.39, 0.29) is 0 Å². The van der Waals surface area contributed by atoms with Crippen LogP contribution >= 0.6 is 0 Å². The second kappa shape index (κ2) is 3.43. The van der Waals surface area contributed by atoms with Crippen LogP contribution in [0.25, 0.3) is 11.0 Å². The first-order valence-corrected chi connectivity index (χ1v) is 7.46. The molecular formula is C9H10IN2-. The maximum absolute atomic E-state index is 4.47. The number of aromatic amines is 1. The van der Waals surface area contributed by atoms with Crippen molar-refractivity contribution < 1.29 is 21.2 Å². The average molecular weight is 273 g/mol. The summed E-state index contributed by atoms with van der Waals surface area (Å²) in [6.07, 6.45) is 0. The Morgan fingerprint density at radius 3 is 3.00 bits per heavy atom. The fraction of sp³-hybridized carbons (Fsp3) is 0.222. The van der Waals surface area contributed by atoms with Crippen molar-refractivity contribution in [1.82, 2.24) is 9.97 Å². The summed E-state index contributed by atoms with van der Waals surface area (Å²) < 4.78 is 1.15. The Hall–Kier alpha value is -0.580. The van der Waals surface area contributed by atoms with Gasteiger partial charge in [0.1, 0.15) is 0 Å². The predicted octanol–water partition coefficient (Wildman–Crippen LogP) is -1.22. The molecule has 0 saturated carbocycles. The Balaban J connectivity index is 2.47. The molecule has 12 heavy (non-hydrogen) atoms. The monoisotopic (exact) mass is 273 g/mol. The van der Waals surface area contributed by atoms with E-state index in [4.69, 9.17) is 0 Å². The van der Waals surface area contributed by atoms with Crippen LogP contribution in [-0.4, -0.2) is 14.9 Å². The summed E-state index contributed by atoms with van der Waals surface area (Å²) >= 11 is 0.297. The molecule has 0 aliphatic rings. The number of aromatic nitrogens is 2. The van der Waals surface area contributed by atoms with E-state index in [1.807, 2.05) is 18.2 Å². The minimum absolute atomic E-state index is 0.297. The summed E-state index contributed by atoms with van der Waals surface area (Å²) in [7, 11) is 0. The van der Waals surface area contributed by atoms with Crippen molar-refractivity contribution >= 4 is 11.0 Å². The molecule has 0 bridgehead atoms. The number of para-hydroxylation sites is 2. The minimum atomic E-state index is 0.297. The van der Waals surface area contributed by atoms with Crippen molar-refractivity contribution in [3.05, 3.63) is 30.1 Å². The molecule has 1 N–H and O–H groups in total. The molecule has 2 rings (SSSR count). The van der Waals surface area contributed by atoms with E-state index in [0.717, 1.165) is 21.3 Å². The Morgan fingerprint density at radius 2 is 2.25 bits per heavy atom. The van der Waals surface area contributed by atoms with Crippen LogP contribution in [0.2, 0.25) is 0 Å². The SMILES string of the molecule is C[I-]Cc1nc2ccccc2[nH]1. The van der Waals surface area contributed by atoms with E-state index in [0.29, 0.717) is 21.2 Å². The molecule has 0 saturated heterocycles. The maximum atomic E-state index is 4.47. The normalized spacial score (nSPS) is 11.1. The molecule has 0 atom stereocenters. The average Bonchev–Trinajstić information content (AvgIpc) is 2.47. The molecule has 0 unspecified atom stereocenters. The number of benzene rings is 1. The van der Waals surface area contributed by atoms with Gasteiger partial charge in [0.15, 0.2) is 0 Å². The number of nitrogens with one attached hydrogen (secondary N) is 1. The van der Waals surface area contributed by atoms with Gasteiger partial charge in [-0.15, -0.1) is 0 Å². The van der Waals surface area contributed by atoms with Crippen LogP contribution < -0.4 is 21.2 Å². The summed E-state index contributed by atoms with van der Waals surface area (Å²) in [6.45, 7) is 0. The van der Waals surface area contributed by atoms with Gasteiger partial charge < -0.3 is 0 Å². The fourth-order valence-electron chi connectivity index (χ4n) is 1.20. The van der Waals surface area contributed by atoms with Crippen LogP contribution in [0.1, 0.15) is 5.82 Å². The Kier molecular flexibility index (Phi) is 2.30. The predicted molar refractivity (Wildman–Crippen MR) is 45.7 cm³/mol. The first-order chi connectivity index (χ1) is 5.90. The third-order valence-corrected chi connectivity index (χ3v) is 3.18. The van der Waals surface area contributed by atoms with Gasteiger partial charge in [-0.05, 0) is 0 Å². The summed E-state index contributed by atoms with van der Waals surface area (Å²) in [5.74, 6) is 1.14. The number of imidazole rings is 1. The molecule has 2 aromatic rings. The number of fused-ring (bicyclic) bond motifs is 1. The van der Waals surface area contributed by atoms with Gasteiger partial charge in [0.25, 0.3) is 0 Å². The third kappa shape index (κ3) is 1.46. The zero-order valence-electron chi connectivity index (χ0n) is 6.84. The van der Waals surface area contributed by atoms with E-state index in [1.54, 1.807) is 0 Å². The summed E-state index contributed by atoms with van der Waals surface area (Å²) in [5.41, 5.74) is 2.25. The fourth-order valence-corrected chi connectivity index (χ4v) is 2.28. The molecule has 2 nitrogen and oxygen atoms in total. The van der Waals surface area contributed by atoms with Crippen molar-refractivity contribution in [3.8, 4) is 0 Å². The van der Waals surface area contributed by atoms with Gasteiger partial charge in [-0.1, -0.05) is 0 Å². The first kappa shape index (κ1) is 8.04. The van der Waals surface area contributed by atoms with Gasteiger partial charge in [-0.3, -0.25) is 0 Å². The number of alkyl halides is 2. The number of H-pyrrole nitrogens is 1. The van der Waals surface area contributed by atoms with Crippen molar-refractivity contribution in [2.45, 2.75) is 4.43 Å². The van der Waals surface area contributed by atoms with E-state index in [1.165, 1.54) is 0 Å². The molecule has 0 fully saturated rings. The van der Waals surface area contributed by atoms with E-state index in [2.05, 4.69) is 21.0 Å². The zero-order chi connectivity index (χ0) is 8.39. The van der Waals surface area contributed by atoms with Gasteiger partial charge >= 0.3 is 81.7 Å². The Morgan fingerprint density at radius 1 is 1.42 bits per heavy atom. The van der Waals surface area contributed by atoms with Gasteiger partial charge in [0, 0.05) is 0 Å². The van der Waals surface area contributed by atoms with Gasteiger partial charge in [-0.2, -0.15) is 0 Å². The molecule has 0 aliphatic heterocycles. The van der Waals surface area contributed by atoms with Crippen LogP contribution in [0.5, 0.6) is 0 Å². The number of nitrogens with zero attached hydrogens (tertiary/aromatic N) is 1. The molecule has 64 valence electrons. The van der Waals surface area contributed by atoms with Gasteiger partial charge in [-0.25, -0.2) is 0 Å². The van der Waals surface area contributed by atoms with E-state index >= 15 is 0 Å². The summed E-state index contributed by atoms with van der Waals surface area (Å²) in [6, 6.07) is 8.17. The topological polar surface area (TPSA) is 28.7 Å². The van der Waals surface area contributed by atoms with Crippen molar-refractivity contribution in [2.24, 2.45) is 0 Å². The molecule has 0 radical (unpaired) electrons. The Labute approximate surface area is 81.7 Å². The molecule has 1 heterocycles. The van der Waals surface area contributed by atoms with Crippen LogP contribution in [0, 0.1) is 0 Å². The van der Waals surface area contributed by atoms with Crippen LogP contribution in [0.4, 0.5) is 0 Å². The summed E-state index contributed by atoms with van der Waals surface area (Å²) in [5, 5.41) is 0. The van der Waals surface area contributed by atoms with Crippen LogP contribution in [0.3, 0.4) is 0 Å². The second-order valence-electron chi connectivity index (χ2n) is 2.60. The standard InChI is InChI=1S/C9H10IN2/c1-10-6-9-11-7-4-2-3-5-8(7)12-9/h2-5H,6H2,1H3,(H,11,12)/q-1. The van der Waals surface area contributed by atoms with Crippen LogP contribution in [0.15, 0.2) is 24.3 Å². The molecule has 0 amide bonds. The van der Waals surface area contributed by atoms with Crippen molar-refractivity contribution in [2.75, 3.05) is 4.93 Å². The molecule has 3 heteroatoms. The molecule has 0 aliphatic carbocycles. The number of hydrogen-bond acceptors (Lipinski definition) is 1. The molecule has 1 aromatic carbocycles. The van der Waals surface area contributed by atoms with Crippen LogP contribution in [-0.2, 0) is 4.43 Å². The number of halogens is 1. The number of hydrogen-bond donors (Lipinski definition) is 1. The second-order valence-corrected chi connectivity index (χ2v) is 4.89. The van der Waals surface area contributed by atoms with E-state index in [9.17, 15) is 0 Å². The zero-order valence-corrected chi connectivity index (χ0v) is 9.00. The van der Waals surface area contributed by atoms with Gasteiger partial charge in [0.05, 0.1) is 0 Å². The van der Waals surface area contributed by atoms with Gasteiger partial charge in [0.2, 0.25) is 0 Å². The first-order valence-electron chi connectivity index (χ1n) is 3.77. The molecule has 0 spiro atoms.